The fraction of sp³-hybridized carbons (Fsp3) is 0.966. The number of aliphatic hydroxyl groups is 27. The van der Waals surface area contributed by atoms with E-state index in [0.29, 0.717) is 0 Å². The molecule has 0 aromatic heterocycles. The van der Waals surface area contributed by atoms with Crippen molar-refractivity contribution in [1.29, 1.82) is 0 Å². The quantitative estimate of drug-likeness (QED) is 0.0363. The maximum absolute atomic E-state index is 12.7. The lowest BCUT2D eigenvalue weighted by Gasteiger charge is -2.51. The number of aliphatic hydroxyl groups excluding tert-OH is 27. The minimum Gasteiger partial charge on any atom is -0.394 e. The first-order valence-corrected chi connectivity index (χ1v) is 33.7. The van der Waals surface area contributed by atoms with Gasteiger partial charge in [-0.15, -0.1) is 0 Å². The maximum atomic E-state index is 12.7. The molecule has 0 spiro atoms. The van der Waals surface area contributed by atoms with Crippen LogP contribution in [0, 0.1) is 0 Å². The first-order valence-electron chi connectivity index (χ1n) is 33.7. The zero-order valence-electron chi connectivity index (χ0n) is 56.2. The number of hydrogen-bond acceptors (Lipinski definition) is 46. The third-order valence-electron chi connectivity index (χ3n) is 19.6. The highest BCUT2D eigenvalue weighted by Crippen LogP contribution is 2.41. The monoisotopic (exact) mass is 1560 g/mol. The zero-order valence-corrected chi connectivity index (χ0v) is 56.2. The van der Waals surface area contributed by atoms with Crippen LogP contribution in [0.3, 0.4) is 0 Å². The first-order chi connectivity index (χ1) is 50.3. The topological polar surface area (TPSA) is 761 Å². The molecule has 9 fully saturated rings. The van der Waals surface area contributed by atoms with Crippen LogP contribution in [-0.2, 0) is 90.1 Å². The molecule has 48 nitrogen and oxygen atoms in total. The molecular formula is C58H98N2O46. The number of nitrogens with one attached hydrogen (secondary N) is 2. The Kier molecular flexibility index (Phi) is 31.1. The number of carbonyl (C=O) groups excluding carboxylic acids is 2. The SMILES string of the molecule is CC(=O)N[C@H]1[C@H](O[C@H]2[C@H](O)[C@@H](NC(C)=O)C(O)O[C@@H]2CO)O[C@H](CO)[C@@H](O[C@@H]2O[C@H](CO)[C@@H](O)[C@H](O[C@H]3O[C@H](CO)[C@@H](O)[C@H](O)[C@@H]3O[C@H]3O[C@H](CO)[C@@H](O)[C@H](O)[C@@H]3O[C@H]3O[C@H](CO)[C@@H](O)[C@H](O)[C@@H]3O[C@H]3O[C@H](CO)[C@@H](O)[C@H](O[C@H]4O[C@H](CO)[C@@H](O)[C@H](O)[C@H]4O[C@H]4O[C@H](CO)[C@@H](O)[C@H](O)[C@H]4O)[C@H]3O)[C@@H]2O)[C@@H]1O. The molecule has 48 heteroatoms. The average molecular weight is 1560 g/mol. The van der Waals surface area contributed by atoms with E-state index in [1.807, 2.05) is 0 Å². The normalized spacial score (nSPS) is 51.2. The zero-order chi connectivity index (χ0) is 77.9. The largest absolute Gasteiger partial charge is 0.394 e. The van der Waals surface area contributed by atoms with Crippen LogP contribution in [-0.4, -0.2) is 485 Å². The summed E-state index contributed by atoms with van der Waals surface area (Å²) in [7, 11) is 0. The lowest BCUT2D eigenvalue weighted by Crippen LogP contribution is -2.70. The Morgan fingerprint density at radius 2 is 0.453 bits per heavy atom. The molecule has 9 aliphatic heterocycles. The van der Waals surface area contributed by atoms with Gasteiger partial charge in [-0.2, -0.15) is 0 Å². The van der Waals surface area contributed by atoms with Gasteiger partial charge in [-0.3, -0.25) is 9.59 Å². The van der Waals surface area contributed by atoms with Crippen molar-refractivity contribution >= 4 is 11.8 Å². The van der Waals surface area contributed by atoms with E-state index >= 15 is 0 Å². The van der Waals surface area contributed by atoms with Gasteiger partial charge in [0.15, 0.2) is 56.6 Å². The van der Waals surface area contributed by atoms with E-state index < -0.39 is 348 Å². The standard InChI is InChI=1S/C58H98N2O46/c1-12(70)59-23-32(79)42(21(10-68)90-50(23)89)99-51-24(60-13(2)71)33(80)43(22(11-69)98-51)100-53-40(87)44(30(77)19(8-66)92-53)102-56-48(37(84)28(75)16(5-63)95-56)105-58-49(38(85)29(76)18(7-65)97-58)106-57-47(36(83)27(74)17(6-64)96-57)104-54-41(88)45(31(78)20(9-67)93-54)101-55-46(35(82)26(73)15(4-62)94-55)103-52-39(86)34(81)25(72)14(3-61)91-52/h14-58,61-69,72-89H,3-11H2,1-2H3,(H,59,70)(H,60,71)/t14-,15-,16-,17-,18-,19-,20-,21-,22-,23-,24-,25-,26-,27-,28-,29-,30-,31-,32-,33-,34+,35+,36+,37+,38+,39-,40+,41-,42-,43-,44+,45+,46-,47+,48+,49+,50?,51+,52-,53+,54-,55-,56-,57-,58-/m1/s1. The minimum atomic E-state index is -2.47. The molecule has 616 valence electrons. The van der Waals surface area contributed by atoms with Crippen LogP contribution in [0.2, 0.25) is 0 Å². The average Bonchev–Trinajstić information content (AvgIpc) is 0.772. The van der Waals surface area contributed by atoms with E-state index in [9.17, 15) is 147 Å². The van der Waals surface area contributed by atoms with Gasteiger partial charge in [-0.1, -0.05) is 0 Å². The summed E-state index contributed by atoms with van der Waals surface area (Å²) in [6.45, 7) is -7.90. The lowest BCUT2D eigenvalue weighted by molar-refractivity contribution is -0.417. The summed E-state index contributed by atoms with van der Waals surface area (Å²) >= 11 is 0. The van der Waals surface area contributed by atoms with Crippen LogP contribution in [0.15, 0.2) is 0 Å². The van der Waals surface area contributed by atoms with Gasteiger partial charge in [0, 0.05) is 13.8 Å². The van der Waals surface area contributed by atoms with Gasteiger partial charge in [0.1, 0.15) is 220 Å². The van der Waals surface area contributed by atoms with Crippen LogP contribution >= 0.6 is 0 Å². The van der Waals surface area contributed by atoms with Crippen molar-refractivity contribution in [3.63, 3.8) is 0 Å². The Balaban J connectivity index is 0.969. The molecule has 106 heavy (non-hydrogen) atoms. The van der Waals surface area contributed by atoms with Gasteiger partial charge in [0.2, 0.25) is 11.8 Å². The van der Waals surface area contributed by atoms with Gasteiger partial charge >= 0.3 is 0 Å². The van der Waals surface area contributed by atoms with Crippen LogP contribution in [0.25, 0.3) is 0 Å². The van der Waals surface area contributed by atoms with E-state index in [0.717, 1.165) is 13.8 Å². The summed E-state index contributed by atoms with van der Waals surface area (Å²) in [5, 5.41) is 302. The van der Waals surface area contributed by atoms with Crippen LogP contribution in [0.4, 0.5) is 0 Å². The smallest absolute Gasteiger partial charge is 0.217 e. The number of hydrogen-bond donors (Lipinski definition) is 29. The van der Waals surface area contributed by atoms with Crippen molar-refractivity contribution in [2.24, 2.45) is 0 Å². The van der Waals surface area contributed by atoms with Crippen LogP contribution < -0.4 is 10.6 Å². The molecule has 9 heterocycles. The fourth-order valence-corrected chi connectivity index (χ4v) is 13.7. The highest BCUT2D eigenvalue weighted by Gasteiger charge is 2.61. The summed E-state index contributed by atoms with van der Waals surface area (Å²) < 4.78 is 98.9. The number of carbonyl (C=O) groups is 2. The molecule has 9 rings (SSSR count). The maximum Gasteiger partial charge on any atom is 0.217 e. The summed E-state index contributed by atoms with van der Waals surface area (Å²) in [5.41, 5.74) is 0. The van der Waals surface area contributed by atoms with Crippen molar-refractivity contribution < 1.29 is 228 Å². The van der Waals surface area contributed by atoms with Crippen molar-refractivity contribution in [3.05, 3.63) is 0 Å². The first kappa shape index (κ1) is 87.2. The second-order valence-corrected chi connectivity index (χ2v) is 26.6. The van der Waals surface area contributed by atoms with Crippen molar-refractivity contribution in [2.75, 3.05) is 59.5 Å². The Morgan fingerprint density at radius 1 is 0.226 bits per heavy atom. The third kappa shape index (κ3) is 18.4. The molecular weight excluding hydrogens is 1460 g/mol. The highest BCUT2D eigenvalue weighted by atomic mass is 16.8. The summed E-state index contributed by atoms with van der Waals surface area (Å²) in [5.74, 6) is -1.63. The Morgan fingerprint density at radius 3 is 0.774 bits per heavy atom. The van der Waals surface area contributed by atoms with Gasteiger partial charge in [0.25, 0.3) is 0 Å². The summed E-state index contributed by atoms with van der Waals surface area (Å²) in [6.07, 6.45) is -91.4. The predicted octanol–water partition coefficient (Wildman–Crippen LogP) is -20.3. The van der Waals surface area contributed by atoms with Gasteiger partial charge in [-0.25, -0.2) is 0 Å². The second-order valence-electron chi connectivity index (χ2n) is 26.6. The van der Waals surface area contributed by atoms with E-state index in [1.165, 1.54) is 0 Å². The van der Waals surface area contributed by atoms with Crippen molar-refractivity contribution in [2.45, 2.75) is 290 Å². The van der Waals surface area contributed by atoms with E-state index in [4.69, 9.17) is 80.5 Å². The number of ether oxygens (including phenoxy) is 17. The molecule has 0 bridgehead atoms. The number of rotatable bonds is 27. The van der Waals surface area contributed by atoms with E-state index in [1.54, 1.807) is 0 Å². The minimum absolute atomic E-state index is 0.752. The van der Waals surface area contributed by atoms with Gasteiger partial charge in [0.05, 0.1) is 59.5 Å². The van der Waals surface area contributed by atoms with E-state index in [2.05, 4.69) is 10.6 Å². The van der Waals surface area contributed by atoms with Gasteiger partial charge < -0.3 is 229 Å². The molecule has 0 aromatic rings. The Bertz CT molecular complexity index is 2720. The second kappa shape index (κ2) is 37.9. The number of amides is 2. The molecule has 0 aliphatic carbocycles. The molecule has 9 aliphatic rings. The van der Waals surface area contributed by atoms with Gasteiger partial charge in [-0.05, 0) is 0 Å². The molecule has 9 saturated heterocycles. The third-order valence-corrected chi connectivity index (χ3v) is 19.6. The van der Waals surface area contributed by atoms with Crippen molar-refractivity contribution in [1.82, 2.24) is 10.6 Å². The van der Waals surface area contributed by atoms with Crippen LogP contribution in [0.1, 0.15) is 13.8 Å². The molecule has 45 atom stereocenters. The molecule has 0 aromatic carbocycles. The van der Waals surface area contributed by atoms with Crippen molar-refractivity contribution in [3.8, 4) is 0 Å². The summed E-state index contributed by atoms with van der Waals surface area (Å²) in [4.78, 5) is 24.7. The molecule has 0 radical (unpaired) electrons. The molecule has 0 saturated carbocycles. The molecule has 29 N–H and O–H groups in total. The lowest BCUT2D eigenvalue weighted by atomic mass is 9.94. The Hall–Kier alpha value is -2.82. The summed E-state index contributed by atoms with van der Waals surface area (Å²) in [6, 6.07) is -3.40. The predicted molar refractivity (Wildman–Crippen MR) is 320 cm³/mol. The van der Waals surface area contributed by atoms with Crippen LogP contribution in [0.5, 0.6) is 0 Å². The molecule has 2 amide bonds. The highest BCUT2D eigenvalue weighted by molar-refractivity contribution is 5.73. The fourth-order valence-electron chi connectivity index (χ4n) is 13.7. The van der Waals surface area contributed by atoms with E-state index in [-0.39, 0.29) is 0 Å². The molecule has 1 unspecified atom stereocenters. The Labute approximate surface area is 598 Å².